The van der Waals surface area contributed by atoms with Crippen LogP contribution in [0.2, 0.25) is 0 Å². The molecule has 1 unspecified atom stereocenters. The van der Waals surface area contributed by atoms with Crippen molar-refractivity contribution in [1.29, 1.82) is 0 Å². The van der Waals surface area contributed by atoms with E-state index in [1.165, 1.54) is 36.1 Å². The van der Waals surface area contributed by atoms with Crippen molar-refractivity contribution in [2.75, 3.05) is 55.7 Å². The number of rotatable bonds is 10. The first-order valence-electron chi connectivity index (χ1n) is 13.6. The summed E-state index contributed by atoms with van der Waals surface area (Å²) in [5.74, 6) is -0.690. The van der Waals surface area contributed by atoms with Gasteiger partial charge >= 0.3 is 18.7 Å². The zero-order chi connectivity index (χ0) is 30.9. The van der Waals surface area contributed by atoms with E-state index in [-0.39, 0.29) is 37.3 Å². The van der Waals surface area contributed by atoms with Gasteiger partial charge in [0.2, 0.25) is 11.8 Å². The number of hydrogen-bond acceptors (Lipinski definition) is 10. The summed E-state index contributed by atoms with van der Waals surface area (Å²) in [7, 11) is 0. The van der Waals surface area contributed by atoms with E-state index in [0.717, 1.165) is 0 Å². The Morgan fingerprint density at radius 1 is 1.14 bits per heavy atom. The molecule has 2 aliphatic heterocycles. The molecule has 0 saturated carbocycles. The fourth-order valence-electron chi connectivity index (χ4n) is 4.49. The molecule has 2 aromatic rings. The van der Waals surface area contributed by atoms with Crippen molar-refractivity contribution in [2.45, 2.75) is 26.4 Å². The minimum absolute atomic E-state index is 0.0949. The topological polar surface area (TPSA) is 147 Å². The molecule has 230 valence electrons. The molecule has 2 aromatic carbocycles. The van der Waals surface area contributed by atoms with Crippen LogP contribution in [0.4, 0.5) is 25.4 Å². The third-order valence-electron chi connectivity index (χ3n) is 6.62. The number of hydrogen-bond donors (Lipinski definition) is 2. The lowest BCUT2D eigenvalue weighted by Crippen LogP contribution is -2.48. The molecule has 2 heterocycles. The van der Waals surface area contributed by atoms with Crippen LogP contribution >= 0.6 is 0 Å². The second-order valence-corrected chi connectivity index (χ2v) is 9.63. The molecule has 3 amide bonds. The van der Waals surface area contributed by atoms with Crippen molar-refractivity contribution in [3.63, 3.8) is 0 Å². The molecule has 0 aliphatic carbocycles. The predicted molar refractivity (Wildman–Crippen MR) is 152 cm³/mol. The van der Waals surface area contributed by atoms with E-state index >= 15 is 4.39 Å². The van der Waals surface area contributed by atoms with Crippen LogP contribution in [-0.2, 0) is 23.8 Å². The highest BCUT2D eigenvalue weighted by atomic mass is 19.1. The second kappa shape index (κ2) is 14.4. The average molecular weight is 601 g/mol. The maximum atomic E-state index is 15.1. The zero-order valence-electron chi connectivity index (χ0n) is 23.7. The van der Waals surface area contributed by atoms with Gasteiger partial charge in [0.1, 0.15) is 17.7 Å². The van der Waals surface area contributed by atoms with Crippen LogP contribution in [0, 0.1) is 5.82 Å². The first-order chi connectivity index (χ1) is 20.6. The number of nitrogens with one attached hydrogen (secondary N) is 1. The Hall–Kier alpha value is -4.85. The first-order valence-corrected chi connectivity index (χ1v) is 13.6. The molecule has 0 aromatic heterocycles. The quantitative estimate of drug-likeness (QED) is 0.237. The molecule has 2 saturated heterocycles. The molecule has 2 atom stereocenters. The van der Waals surface area contributed by atoms with Gasteiger partial charge in [-0.25, -0.2) is 14.0 Å². The summed E-state index contributed by atoms with van der Waals surface area (Å²) in [5.41, 5.74) is 1.43. The van der Waals surface area contributed by atoms with E-state index in [2.05, 4.69) is 14.8 Å². The Morgan fingerprint density at radius 3 is 2.51 bits per heavy atom. The van der Waals surface area contributed by atoms with E-state index in [1.807, 2.05) is 4.90 Å². The molecular weight excluding hydrogens is 567 g/mol. The molecule has 13 nitrogen and oxygen atoms in total. The average Bonchev–Trinajstić information content (AvgIpc) is 3.36. The lowest BCUT2D eigenvalue weighted by atomic mass is 10.2. The second-order valence-electron chi connectivity index (χ2n) is 9.63. The third-order valence-corrected chi connectivity index (χ3v) is 6.62. The van der Waals surface area contributed by atoms with Crippen LogP contribution in [0.3, 0.4) is 0 Å². The molecule has 0 spiro atoms. The van der Waals surface area contributed by atoms with Crippen LogP contribution in [0.1, 0.15) is 19.4 Å². The number of nitrogens with zero attached hydrogens (tertiary/aromatic N) is 3. The largest absolute Gasteiger partial charge is 0.513 e. The fraction of sp³-hybridized carbons (Fsp3) is 0.379. The van der Waals surface area contributed by atoms with Crippen LogP contribution in [0.5, 0.6) is 5.75 Å². The van der Waals surface area contributed by atoms with Crippen LogP contribution in [0.25, 0.3) is 6.08 Å². The van der Waals surface area contributed by atoms with Gasteiger partial charge in [0, 0.05) is 39.2 Å². The van der Waals surface area contributed by atoms with E-state index in [1.54, 1.807) is 42.2 Å². The van der Waals surface area contributed by atoms with Gasteiger partial charge in [0.15, 0.2) is 0 Å². The number of halogens is 1. The molecule has 0 bridgehead atoms. The number of carbonyl (C=O) groups excluding carboxylic acids is 4. The van der Waals surface area contributed by atoms with Gasteiger partial charge in [-0.1, -0.05) is 12.1 Å². The van der Waals surface area contributed by atoms with Crippen molar-refractivity contribution in [3.8, 4) is 5.75 Å². The van der Waals surface area contributed by atoms with Crippen molar-refractivity contribution in [1.82, 2.24) is 10.2 Å². The molecule has 43 heavy (non-hydrogen) atoms. The van der Waals surface area contributed by atoms with Gasteiger partial charge in [-0.05, 0) is 48.9 Å². The van der Waals surface area contributed by atoms with Crippen molar-refractivity contribution >= 4 is 41.5 Å². The van der Waals surface area contributed by atoms with Crippen LogP contribution < -0.4 is 19.9 Å². The van der Waals surface area contributed by atoms with Crippen LogP contribution in [0.15, 0.2) is 48.5 Å². The minimum Gasteiger partial charge on any atom is -0.442 e. The van der Waals surface area contributed by atoms with Gasteiger partial charge < -0.3 is 39.2 Å². The number of benzene rings is 2. The predicted octanol–water partition coefficient (Wildman–Crippen LogP) is 2.48. The standard InChI is InChI=1S/C29H33FN4O9/c1-3-40-28(38)43-29(39)42-22-8-4-20(5-9-22)6-11-26(36)33-14-12-32(13-15-33)25-10-7-21(16-24(25)30)34-18-23(41-27(34)37)17-31-19(2)35/h4-11,16,23,29,39H,3,12-15,17-18H2,1-2H3,(H,31,35)/b11-6+/t23-,29?/m0/s1. The maximum Gasteiger partial charge on any atom is 0.513 e. The Labute approximate surface area is 247 Å². The van der Waals surface area contributed by atoms with Gasteiger partial charge in [-0.3, -0.25) is 14.5 Å². The number of carbonyl (C=O) groups is 4. The Morgan fingerprint density at radius 2 is 1.86 bits per heavy atom. The highest BCUT2D eigenvalue weighted by Gasteiger charge is 2.33. The lowest BCUT2D eigenvalue weighted by Gasteiger charge is -2.36. The van der Waals surface area contributed by atoms with Gasteiger partial charge in [0.05, 0.1) is 31.1 Å². The lowest BCUT2D eigenvalue weighted by molar-refractivity contribution is -0.192. The monoisotopic (exact) mass is 600 g/mol. The molecule has 0 radical (unpaired) electrons. The number of aliphatic hydroxyl groups excluding tert-OH is 1. The summed E-state index contributed by atoms with van der Waals surface area (Å²) in [6.45, 7) is 3.22. The molecule has 2 fully saturated rings. The summed E-state index contributed by atoms with van der Waals surface area (Å²) >= 11 is 0. The maximum absolute atomic E-state index is 15.1. The molecule has 2 N–H and O–H groups in total. The summed E-state index contributed by atoms with van der Waals surface area (Å²) in [6, 6.07) is 10.9. The highest BCUT2D eigenvalue weighted by molar-refractivity contribution is 5.92. The van der Waals surface area contributed by atoms with Crippen molar-refractivity contribution < 1.29 is 47.6 Å². The normalized spacial score (nSPS) is 17.4. The Kier molecular flexibility index (Phi) is 10.4. The molecule has 2 aliphatic rings. The van der Waals surface area contributed by atoms with Crippen molar-refractivity contribution in [3.05, 3.63) is 59.9 Å². The molecule has 4 rings (SSSR count). The third kappa shape index (κ3) is 8.58. The van der Waals surface area contributed by atoms with Crippen molar-refractivity contribution in [2.24, 2.45) is 0 Å². The fourth-order valence-corrected chi connectivity index (χ4v) is 4.49. The highest BCUT2D eigenvalue weighted by Crippen LogP contribution is 2.28. The van der Waals surface area contributed by atoms with Crippen LogP contribution in [-0.4, -0.2) is 92.5 Å². The van der Waals surface area contributed by atoms with E-state index in [0.29, 0.717) is 43.1 Å². The van der Waals surface area contributed by atoms with Gasteiger partial charge in [-0.2, -0.15) is 0 Å². The summed E-state index contributed by atoms with van der Waals surface area (Å²) in [4.78, 5) is 52.2. The van der Waals surface area contributed by atoms with E-state index in [9.17, 15) is 24.3 Å². The van der Waals surface area contributed by atoms with E-state index in [4.69, 9.17) is 9.47 Å². The zero-order valence-corrected chi connectivity index (χ0v) is 23.7. The molecular formula is C29H33FN4O9. The first kappa shape index (κ1) is 31.1. The summed E-state index contributed by atoms with van der Waals surface area (Å²) < 4.78 is 34.5. The number of piperazine rings is 1. The van der Waals surface area contributed by atoms with Gasteiger partial charge in [-0.15, -0.1) is 0 Å². The Bertz CT molecular complexity index is 1350. The number of aliphatic hydroxyl groups is 1. The smallest absolute Gasteiger partial charge is 0.442 e. The van der Waals surface area contributed by atoms with E-state index < -0.39 is 30.6 Å². The summed E-state index contributed by atoms with van der Waals surface area (Å²) in [6.07, 6.45) is 0.884. The number of anilines is 2. The minimum atomic E-state index is -1.83. The molecule has 14 heteroatoms. The SMILES string of the molecule is CCOC(=O)OC(O)Oc1ccc(/C=C/C(=O)N2CCN(c3ccc(N4C[C@H](CNC(C)=O)OC4=O)cc3F)CC2)cc1. The number of ether oxygens (including phenoxy) is 4. The Balaban J connectivity index is 1.25. The number of amides is 3. The number of cyclic esters (lactones) is 1. The summed E-state index contributed by atoms with van der Waals surface area (Å²) in [5, 5.41) is 12.2. The van der Waals surface area contributed by atoms with Gasteiger partial charge in [0.25, 0.3) is 0 Å².